The van der Waals surface area contributed by atoms with Gasteiger partial charge in [0.25, 0.3) is 5.56 Å². The van der Waals surface area contributed by atoms with Gasteiger partial charge in [-0.05, 0) is 49.7 Å². The number of rotatable bonds is 4. The first kappa shape index (κ1) is 20.2. The van der Waals surface area contributed by atoms with Crippen molar-refractivity contribution in [2.45, 2.75) is 26.4 Å². The molecule has 1 fully saturated rings. The third-order valence-corrected chi connectivity index (χ3v) is 6.21. The zero-order valence-electron chi connectivity index (χ0n) is 18.1. The van der Waals surface area contributed by atoms with Crippen LogP contribution in [0.3, 0.4) is 0 Å². The quantitative estimate of drug-likeness (QED) is 0.498. The molecule has 1 aliphatic rings. The fourth-order valence-electron chi connectivity index (χ4n) is 4.54. The first-order chi connectivity index (χ1) is 15.7. The van der Waals surface area contributed by atoms with Crippen molar-refractivity contribution in [3.8, 4) is 6.07 Å². The van der Waals surface area contributed by atoms with E-state index in [-0.39, 0.29) is 5.56 Å². The lowest BCUT2D eigenvalue weighted by Crippen LogP contribution is -2.31. The van der Waals surface area contributed by atoms with Crippen LogP contribution in [0.4, 0.5) is 5.69 Å². The molecular formula is C24H25N7O. The monoisotopic (exact) mass is 427 g/mol. The van der Waals surface area contributed by atoms with Crippen molar-refractivity contribution in [3.63, 3.8) is 0 Å². The molecule has 1 aliphatic heterocycles. The summed E-state index contributed by atoms with van der Waals surface area (Å²) in [7, 11) is 0. The number of aryl methyl sites for hydroxylation is 1. The molecule has 8 nitrogen and oxygen atoms in total. The number of para-hydroxylation sites is 1. The molecule has 1 saturated heterocycles. The fraction of sp³-hybridized carbons (Fsp3) is 0.333. The van der Waals surface area contributed by atoms with Crippen LogP contribution in [-0.2, 0) is 13.1 Å². The van der Waals surface area contributed by atoms with Crippen LogP contribution in [0.5, 0.6) is 0 Å². The number of hydrogen-bond acceptors (Lipinski definition) is 6. The van der Waals surface area contributed by atoms with Crippen molar-refractivity contribution in [2.24, 2.45) is 0 Å². The summed E-state index contributed by atoms with van der Waals surface area (Å²) in [4.78, 5) is 17.6. The van der Waals surface area contributed by atoms with E-state index in [1.165, 1.54) is 0 Å². The van der Waals surface area contributed by atoms with Crippen LogP contribution in [0.15, 0.2) is 53.3 Å². The molecule has 3 heterocycles. The number of benzene rings is 2. The van der Waals surface area contributed by atoms with Crippen molar-refractivity contribution < 1.29 is 0 Å². The maximum atomic E-state index is 12.9. The number of hydrogen-bond donors (Lipinski definition) is 0. The second kappa shape index (κ2) is 8.44. The Morgan fingerprint density at radius 1 is 1.00 bits per heavy atom. The minimum absolute atomic E-state index is 0.0256. The number of aromatic nitrogens is 4. The van der Waals surface area contributed by atoms with E-state index in [4.69, 9.17) is 5.26 Å². The average molecular weight is 428 g/mol. The van der Waals surface area contributed by atoms with Gasteiger partial charge in [-0.2, -0.15) is 5.26 Å². The predicted molar refractivity (Wildman–Crippen MR) is 124 cm³/mol. The van der Waals surface area contributed by atoms with E-state index in [1.54, 1.807) is 4.57 Å². The summed E-state index contributed by atoms with van der Waals surface area (Å²) in [6.07, 6.45) is 1.04. The molecule has 5 rings (SSSR count). The van der Waals surface area contributed by atoms with Crippen molar-refractivity contribution in [1.82, 2.24) is 24.1 Å². The van der Waals surface area contributed by atoms with Gasteiger partial charge in [0.15, 0.2) is 5.82 Å². The number of fused-ring (bicyclic) bond motifs is 3. The Labute approximate surface area is 185 Å². The molecule has 0 saturated carbocycles. The lowest BCUT2D eigenvalue weighted by molar-refractivity contribution is 0.277. The summed E-state index contributed by atoms with van der Waals surface area (Å²) >= 11 is 0. The summed E-state index contributed by atoms with van der Waals surface area (Å²) in [5.74, 6) is 1.45. The Morgan fingerprint density at radius 2 is 1.81 bits per heavy atom. The molecule has 4 aromatic rings. The van der Waals surface area contributed by atoms with Crippen LogP contribution in [0.25, 0.3) is 16.7 Å². The van der Waals surface area contributed by atoms with Crippen molar-refractivity contribution in [2.75, 3.05) is 31.1 Å². The highest BCUT2D eigenvalue weighted by molar-refractivity contribution is 5.80. The fourth-order valence-corrected chi connectivity index (χ4v) is 4.54. The van der Waals surface area contributed by atoms with Crippen LogP contribution in [0.1, 0.15) is 24.7 Å². The Hall–Kier alpha value is -3.70. The van der Waals surface area contributed by atoms with Crippen molar-refractivity contribution in [1.29, 1.82) is 5.26 Å². The molecule has 8 heteroatoms. The average Bonchev–Trinajstić information content (AvgIpc) is 3.10. The first-order valence-electron chi connectivity index (χ1n) is 11.0. The lowest BCUT2D eigenvalue weighted by Gasteiger charge is -2.23. The van der Waals surface area contributed by atoms with E-state index < -0.39 is 0 Å². The Bertz CT molecular complexity index is 1360. The van der Waals surface area contributed by atoms with Gasteiger partial charge in [-0.15, -0.1) is 10.2 Å². The predicted octanol–water partition coefficient (Wildman–Crippen LogP) is 2.65. The highest BCUT2D eigenvalue weighted by Gasteiger charge is 2.20. The Morgan fingerprint density at radius 3 is 2.59 bits per heavy atom. The zero-order valence-corrected chi connectivity index (χ0v) is 18.1. The molecule has 162 valence electrons. The molecule has 0 radical (unpaired) electrons. The highest BCUT2D eigenvalue weighted by atomic mass is 16.1. The van der Waals surface area contributed by atoms with Crippen molar-refractivity contribution in [3.05, 3.63) is 70.3 Å². The Balaban J connectivity index is 1.42. The van der Waals surface area contributed by atoms with Gasteiger partial charge in [-0.1, -0.05) is 12.1 Å². The number of nitrogens with zero attached hydrogens (tertiary/aromatic N) is 7. The second-order valence-electron chi connectivity index (χ2n) is 8.09. The number of anilines is 1. The zero-order chi connectivity index (χ0) is 22.1. The number of nitriles is 1. The smallest absolute Gasteiger partial charge is 0.262 e. The maximum Gasteiger partial charge on any atom is 0.262 e. The van der Waals surface area contributed by atoms with Gasteiger partial charge in [0.05, 0.1) is 29.1 Å². The molecule has 0 bridgehead atoms. The van der Waals surface area contributed by atoms with E-state index in [0.29, 0.717) is 29.8 Å². The van der Waals surface area contributed by atoms with Gasteiger partial charge in [-0.25, -0.2) is 0 Å². The second-order valence-corrected chi connectivity index (χ2v) is 8.09. The molecule has 0 aliphatic carbocycles. The largest absolute Gasteiger partial charge is 0.370 e. The molecule has 32 heavy (non-hydrogen) atoms. The highest BCUT2D eigenvalue weighted by Crippen LogP contribution is 2.19. The normalized spacial score (nSPS) is 15.2. The summed E-state index contributed by atoms with van der Waals surface area (Å²) in [6, 6.07) is 17.6. The van der Waals surface area contributed by atoms with Gasteiger partial charge < -0.3 is 4.90 Å². The van der Waals surface area contributed by atoms with Gasteiger partial charge in [0, 0.05) is 38.4 Å². The molecule has 0 spiro atoms. The van der Waals surface area contributed by atoms with Crippen LogP contribution in [-0.4, -0.2) is 50.2 Å². The molecule has 2 aromatic carbocycles. The van der Waals surface area contributed by atoms with E-state index in [2.05, 4.69) is 26.1 Å². The molecule has 0 atom stereocenters. The topological polar surface area (TPSA) is 82.5 Å². The van der Waals surface area contributed by atoms with Gasteiger partial charge >= 0.3 is 0 Å². The third kappa shape index (κ3) is 3.51. The van der Waals surface area contributed by atoms with E-state index in [9.17, 15) is 4.79 Å². The van der Waals surface area contributed by atoms with E-state index in [0.717, 1.165) is 49.6 Å². The van der Waals surface area contributed by atoms with Crippen LogP contribution < -0.4 is 10.5 Å². The SMILES string of the molecule is CCn1c(=O)c2ccccc2n2c(CN3CCCN(c4ccc(C#N)cc4)CC3)nnc12. The first-order valence-corrected chi connectivity index (χ1v) is 11.0. The minimum Gasteiger partial charge on any atom is -0.370 e. The summed E-state index contributed by atoms with van der Waals surface area (Å²) in [5, 5.41) is 18.6. The molecule has 2 aromatic heterocycles. The van der Waals surface area contributed by atoms with Crippen LogP contribution in [0.2, 0.25) is 0 Å². The van der Waals surface area contributed by atoms with Crippen LogP contribution in [0, 0.1) is 11.3 Å². The van der Waals surface area contributed by atoms with E-state index in [1.807, 2.05) is 59.9 Å². The van der Waals surface area contributed by atoms with E-state index >= 15 is 0 Å². The molecule has 0 unspecified atom stereocenters. The summed E-state index contributed by atoms with van der Waals surface area (Å²) in [5.41, 5.74) is 2.66. The van der Waals surface area contributed by atoms with Crippen molar-refractivity contribution >= 4 is 22.4 Å². The van der Waals surface area contributed by atoms with Crippen LogP contribution >= 0.6 is 0 Å². The summed E-state index contributed by atoms with van der Waals surface area (Å²) in [6.45, 7) is 6.93. The van der Waals surface area contributed by atoms with Gasteiger partial charge in [0.2, 0.25) is 5.78 Å². The maximum absolute atomic E-state index is 12.9. The Kier molecular flexibility index (Phi) is 5.33. The molecule has 0 N–H and O–H groups in total. The minimum atomic E-state index is -0.0256. The summed E-state index contributed by atoms with van der Waals surface area (Å²) < 4.78 is 3.72. The molecular weight excluding hydrogens is 402 g/mol. The molecule has 0 amide bonds. The lowest BCUT2D eigenvalue weighted by atomic mass is 10.2. The standard InChI is InChI=1S/C24H25N7O/c1-2-30-23(32)20-6-3-4-7-21(20)31-22(26-27-24(30)31)17-28-12-5-13-29(15-14-28)19-10-8-18(16-25)9-11-19/h3-4,6-11H,2,5,12-15,17H2,1H3. The van der Waals surface area contributed by atoms with Gasteiger partial charge in [-0.3, -0.25) is 18.7 Å². The van der Waals surface area contributed by atoms with Gasteiger partial charge in [0.1, 0.15) is 0 Å². The third-order valence-electron chi connectivity index (χ3n) is 6.21.